The second kappa shape index (κ2) is 5.30. The quantitative estimate of drug-likeness (QED) is 0.657. The van der Waals surface area contributed by atoms with Gasteiger partial charge >= 0.3 is 17.8 Å². The summed E-state index contributed by atoms with van der Waals surface area (Å²) in [6, 6.07) is 0. The Morgan fingerprint density at radius 3 is 1.83 bits per heavy atom. The van der Waals surface area contributed by atoms with E-state index in [0.29, 0.717) is 0 Å². The maximum absolute atomic E-state index is 5.82. The van der Waals surface area contributed by atoms with Gasteiger partial charge in [-0.1, -0.05) is 0 Å². The molecule has 0 aliphatic rings. The van der Waals surface area contributed by atoms with E-state index in [-0.39, 0.29) is 0 Å². The number of rotatable bonds is 5. The molecule has 12 heavy (non-hydrogen) atoms. The average Bonchev–Trinajstić information content (AvgIpc) is 1.83. The zero-order chi connectivity index (χ0) is 9.78. The third-order valence-electron chi connectivity index (χ3n) is 1.30. The first-order chi connectivity index (χ1) is 5.37. The smallest absolute Gasteiger partial charge is 0.312 e. The van der Waals surface area contributed by atoms with Crippen LogP contribution in [0.15, 0.2) is 0 Å². The summed E-state index contributed by atoms with van der Waals surface area (Å²) >= 11 is 0. The molecule has 0 radical (unpaired) electrons. The molecule has 0 spiro atoms. The Labute approximate surface area is 79.9 Å². The molecule has 0 heterocycles. The van der Waals surface area contributed by atoms with Gasteiger partial charge in [0.05, 0.1) is 0 Å². The number of hydrogen-bond acceptors (Lipinski definition) is 3. The highest BCUT2D eigenvalue weighted by molar-refractivity contribution is 6.77. The lowest BCUT2D eigenvalue weighted by Gasteiger charge is -2.27. The van der Waals surface area contributed by atoms with Gasteiger partial charge in [-0.2, -0.15) is 0 Å². The van der Waals surface area contributed by atoms with Crippen molar-refractivity contribution in [3.63, 3.8) is 0 Å². The minimum Gasteiger partial charge on any atom is -0.440 e. The molecule has 0 aromatic carbocycles. The lowest BCUT2D eigenvalue weighted by molar-refractivity contribution is 0.306. The van der Waals surface area contributed by atoms with E-state index in [0.717, 1.165) is 0 Å². The molecule has 0 aromatic heterocycles. The van der Waals surface area contributed by atoms with Gasteiger partial charge in [0.2, 0.25) is 0 Å². The molecule has 0 amide bonds. The van der Waals surface area contributed by atoms with E-state index in [1.165, 1.54) is 0 Å². The monoisotopic (exact) mass is 224 g/mol. The molecule has 0 aromatic rings. The molecular formula is C6H20O3Si3. The standard InChI is InChI=1S/C6H20O3Si3/c1-7-11(4)9-12(5,6)8-10(2)3/h10-11H,1-6H3. The van der Waals surface area contributed by atoms with E-state index in [4.69, 9.17) is 12.7 Å². The summed E-state index contributed by atoms with van der Waals surface area (Å²) in [5, 5.41) is 0. The van der Waals surface area contributed by atoms with Crippen LogP contribution in [0.1, 0.15) is 0 Å². The van der Waals surface area contributed by atoms with Gasteiger partial charge < -0.3 is 12.7 Å². The lowest BCUT2D eigenvalue weighted by Crippen LogP contribution is -2.43. The van der Waals surface area contributed by atoms with Crippen molar-refractivity contribution in [1.29, 1.82) is 0 Å². The fourth-order valence-electron chi connectivity index (χ4n) is 1.04. The van der Waals surface area contributed by atoms with Crippen LogP contribution in [0.25, 0.3) is 0 Å². The summed E-state index contributed by atoms with van der Waals surface area (Å²) in [7, 11) is -2.52. The molecule has 0 saturated carbocycles. The van der Waals surface area contributed by atoms with Gasteiger partial charge in [0.25, 0.3) is 0 Å². The first kappa shape index (κ1) is 12.5. The Bertz CT molecular complexity index is 129. The van der Waals surface area contributed by atoms with E-state index in [1.807, 2.05) is 6.55 Å². The van der Waals surface area contributed by atoms with Gasteiger partial charge in [-0.15, -0.1) is 0 Å². The van der Waals surface area contributed by atoms with Gasteiger partial charge in [-0.25, -0.2) is 0 Å². The highest BCUT2D eigenvalue weighted by Crippen LogP contribution is 2.09. The van der Waals surface area contributed by atoms with Crippen LogP contribution in [0.4, 0.5) is 0 Å². The molecule has 1 atom stereocenters. The van der Waals surface area contributed by atoms with E-state index in [1.54, 1.807) is 7.11 Å². The van der Waals surface area contributed by atoms with Crippen LogP contribution < -0.4 is 0 Å². The second-order valence-corrected chi connectivity index (χ2v) is 11.9. The third kappa shape index (κ3) is 6.09. The molecule has 0 fully saturated rings. The number of hydrogen-bond donors (Lipinski definition) is 0. The highest BCUT2D eigenvalue weighted by Gasteiger charge is 2.28. The van der Waals surface area contributed by atoms with Crippen molar-refractivity contribution in [2.75, 3.05) is 7.11 Å². The third-order valence-corrected chi connectivity index (χ3v) is 9.72. The van der Waals surface area contributed by atoms with E-state index in [2.05, 4.69) is 26.2 Å². The van der Waals surface area contributed by atoms with Crippen LogP contribution in [-0.4, -0.2) is 34.0 Å². The summed E-state index contributed by atoms with van der Waals surface area (Å²) in [5.41, 5.74) is 0. The van der Waals surface area contributed by atoms with Gasteiger partial charge in [0.1, 0.15) is 0 Å². The largest absolute Gasteiger partial charge is 0.440 e. The van der Waals surface area contributed by atoms with Crippen molar-refractivity contribution in [3.8, 4) is 0 Å². The first-order valence-electron chi connectivity index (χ1n) is 4.26. The predicted octanol–water partition coefficient (Wildman–Crippen LogP) is 1.20. The zero-order valence-corrected chi connectivity index (χ0v) is 12.2. The van der Waals surface area contributed by atoms with Gasteiger partial charge in [-0.3, -0.25) is 0 Å². The zero-order valence-electron chi connectivity index (χ0n) is 8.88. The van der Waals surface area contributed by atoms with E-state index >= 15 is 0 Å². The highest BCUT2D eigenvalue weighted by atomic mass is 28.5. The molecule has 0 aliphatic heterocycles. The SMILES string of the molecule is CO[SiH](C)O[Si](C)(C)O[SiH](C)C. The minimum atomic E-state index is -1.85. The van der Waals surface area contributed by atoms with Crippen molar-refractivity contribution in [2.45, 2.75) is 32.7 Å². The van der Waals surface area contributed by atoms with Crippen molar-refractivity contribution in [2.24, 2.45) is 0 Å². The molecule has 3 nitrogen and oxygen atoms in total. The van der Waals surface area contributed by atoms with Crippen molar-refractivity contribution >= 4 is 26.9 Å². The summed E-state index contributed by atoms with van der Waals surface area (Å²) < 4.78 is 16.7. The van der Waals surface area contributed by atoms with Crippen LogP contribution in [0.2, 0.25) is 32.7 Å². The lowest BCUT2D eigenvalue weighted by atomic mass is 11.8. The maximum Gasteiger partial charge on any atom is 0.312 e. The van der Waals surface area contributed by atoms with Crippen LogP contribution >= 0.6 is 0 Å². The van der Waals surface area contributed by atoms with E-state index in [9.17, 15) is 0 Å². The Hall–Kier alpha value is 0.531. The maximum atomic E-state index is 5.82. The summed E-state index contributed by atoms with van der Waals surface area (Å²) in [4.78, 5) is 0. The molecule has 0 saturated heterocycles. The minimum absolute atomic E-state index is 0.962. The Kier molecular flexibility index (Phi) is 5.54. The van der Waals surface area contributed by atoms with Crippen LogP contribution in [0, 0.1) is 0 Å². The van der Waals surface area contributed by atoms with Crippen LogP contribution in [0.5, 0.6) is 0 Å². The summed E-state index contributed by atoms with van der Waals surface area (Å²) in [6.07, 6.45) is 0. The van der Waals surface area contributed by atoms with Crippen molar-refractivity contribution in [3.05, 3.63) is 0 Å². The fraction of sp³-hybridized carbons (Fsp3) is 1.00. The van der Waals surface area contributed by atoms with Crippen LogP contribution in [0.3, 0.4) is 0 Å². The molecule has 0 aliphatic carbocycles. The van der Waals surface area contributed by atoms with Gasteiger partial charge in [-0.05, 0) is 32.7 Å². The molecule has 0 rings (SSSR count). The Morgan fingerprint density at radius 1 is 1.00 bits per heavy atom. The van der Waals surface area contributed by atoms with Crippen molar-refractivity contribution < 1.29 is 12.7 Å². The summed E-state index contributed by atoms with van der Waals surface area (Å²) in [5.74, 6) is 0. The van der Waals surface area contributed by atoms with E-state index < -0.39 is 26.9 Å². The fourth-order valence-corrected chi connectivity index (χ4v) is 9.89. The predicted molar refractivity (Wildman–Crippen MR) is 58.6 cm³/mol. The van der Waals surface area contributed by atoms with Gasteiger partial charge in [0.15, 0.2) is 9.04 Å². The first-order valence-corrected chi connectivity index (χ1v) is 12.0. The molecule has 0 bridgehead atoms. The topological polar surface area (TPSA) is 27.7 Å². The Balaban J connectivity index is 3.85. The Morgan fingerprint density at radius 2 is 1.50 bits per heavy atom. The molecule has 1 unspecified atom stereocenters. The second-order valence-electron chi connectivity index (χ2n) is 3.49. The molecule has 0 N–H and O–H groups in total. The molecule has 74 valence electrons. The van der Waals surface area contributed by atoms with Gasteiger partial charge in [0, 0.05) is 7.11 Å². The molecule has 6 heteroatoms. The van der Waals surface area contributed by atoms with Crippen LogP contribution in [-0.2, 0) is 12.7 Å². The normalized spacial score (nSPS) is 15.2. The average molecular weight is 224 g/mol. The molecular weight excluding hydrogens is 204 g/mol. The van der Waals surface area contributed by atoms with Crippen molar-refractivity contribution in [1.82, 2.24) is 0 Å². The summed E-state index contributed by atoms with van der Waals surface area (Å²) in [6.45, 7) is 10.5.